The Morgan fingerprint density at radius 3 is 2.25 bits per heavy atom. The van der Waals surface area contributed by atoms with Gasteiger partial charge in [-0.05, 0) is 18.2 Å². The average molecular weight is 230 g/mol. The normalized spacial score (nSPS) is 11.5. The van der Waals surface area contributed by atoms with Crippen LogP contribution in [0.1, 0.15) is 0 Å². The summed E-state index contributed by atoms with van der Waals surface area (Å²) in [5.74, 6) is -0.501. The Hall–Kier alpha value is -1.37. The van der Waals surface area contributed by atoms with Crippen molar-refractivity contribution in [3.05, 3.63) is 24.0 Å². The van der Waals surface area contributed by atoms with Crippen molar-refractivity contribution in [2.24, 2.45) is 0 Å². The first-order valence-corrected chi connectivity index (χ1v) is 4.73. The topological polar surface area (TPSA) is 98.7 Å². The quantitative estimate of drug-likeness (QED) is 0.441. The summed E-state index contributed by atoms with van der Waals surface area (Å²) in [5.41, 5.74) is 4.75. The van der Waals surface area contributed by atoms with Crippen molar-refractivity contribution in [1.29, 1.82) is 0 Å². The lowest BCUT2D eigenvalue weighted by atomic mass is 10.0. The number of nitrogen functional groups attached to an aromatic ring is 1. The zero-order chi connectivity index (χ0) is 12.2. The van der Waals surface area contributed by atoms with E-state index < -0.39 is 31.2 Å². The molecule has 16 heavy (non-hydrogen) atoms. The summed E-state index contributed by atoms with van der Waals surface area (Å²) in [4.78, 5) is 0. The van der Waals surface area contributed by atoms with Crippen molar-refractivity contribution in [3.8, 4) is 0 Å². The third-order valence-corrected chi connectivity index (χ3v) is 2.32. The van der Waals surface area contributed by atoms with Gasteiger partial charge >= 0.3 is 0 Å². The van der Waals surface area contributed by atoms with E-state index in [-0.39, 0.29) is 11.4 Å². The third kappa shape index (κ3) is 2.60. The zero-order valence-electron chi connectivity index (χ0n) is 8.65. The van der Waals surface area contributed by atoms with E-state index in [0.29, 0.717) is 0 Å². The molecule has 0 aromatic heterocycles. The third-order valence-electron chi connectivity index (χ3n) is 2.32. The highest BCUT2D eigenvalue weighted by molar-refractivity contribution is 5.67. The molecule has 0 saturated carbocycles. The monoisotopic (exact) mass is 230 g/mol. The van der Waals surface area contributed by atoms with Gasteiger partial charge in [0.25, 0.3) is 0 Å². The largest absolute Gasteiger partial charge is 0.397 e. The number of hydrogen-bond acceptors (Lipinski definition) is 5. The minimum absolute atomic E-state index is 0.220. The van der Waals surface area contributed by atoms with E-state index in [0.717, 1.165) is 6.07 Å². The van der Waals surface area contributed by atoms with Gasteiger partial charge < -0.3 is 26.4 Å². The predicted molar refractivity (Wildman–Crippen MR) is 58.4 cm³/mol. The van der Waals surface area contributed by atoms with E-state index in [1.807, 2.05) is 0 Å². The summed E-state index contributed by atoms with van der Waals surface area (Å²) >= 11 is 0. The molecule has 6 heteroatoms. The van der Waals surface area contributed by atoms with E-state index in [1.54, 1.807) is 0 Å². The van der Waals surface area contributed by atoms with Crippen LogP contribution in [0, 0.1) is 5.82 Å². The Morgan fingerprint density at radius 2 is 1.75 bits per heavy atom. The van der Waals surface area contributed by atoms with Gasteiger partial charge in [-0.15, -0.1) is 0 Å². The predicted octanol–water partition coefficient (Wildman–Crippen LogP) is -0.465. The van der Waals surface area contributed by atoms with Crippen molar-refractivity contribution < 1.29 is 19.7 Å². The maximum Gasteiger partial charge on any atom is 0.125 e. The first-order chi connectivity index (χ1) is 7.56. The molecule has 0 aliphatic heterocycles. The lowest BCUT2D eigenvalue weighted by Crippen LogP contribution is -2.49. The minimum Gasteiger partial charge on any atom is -0.397 e. The van der Waals surface area contributed by atoms with Crippen LogP contribution in [0.5, 0.6) is 0 Å². The van der Waals surface area contributed by atoms with Crippen molar-refractivity contribution in [2.45, 2.75) is 5.54 Å². The lowest BCUT2D eigenvalue weighted by molar-refractivity contribution is 0.0834. The highest BCUT2D eigenvalue weighted by Crippen LogP contribution is 2.23. The average Bonchev–Trinajstić information content (AvgIpc) is 2.31. The first-order valence-electron chi connectivity index (χ1n) is 4.73. The molecule has 0 aliphatic rings. The number of halogens is 1. The number of nitrogens with one attached hydrogen (secondary N) is 1. The van der Waals surface area contributed by atoms with Gasteiger partial charge in [-0.1, -0.05) is 0 Å². The molecule has 0 heterocycles. The molecule has 0 radical (unpaired) electrons. The fourth-order valence-corrected chi connectivity index (χ4v) is 1.19. The molecule has 0 atom stereocenters. The number of aliphatic hydroxyl groups excluding tert-OH is 3. The Bertz CT molecular complexity index is 348. The fraction of sp³-hybridized carbons (Fsp3) is 0.400. The second kappa shape index (κ2) is 5.11. The molecular weight excluding hydrogens is 215 g/mol. The Labute approximate surface area is 92.3 Å². The zero-order valence-corrected chi connectivity index (χ0v) is 8.65. The van der Waals surface area contributed by atoms with Crippen LogP contribution in [0.2, 0.25) is 0 Å². The maximum atomic E-state index is 13.0. The maximum absolute atomic E-state index is 13.0. The van der Waals surface area contributed by atoms with E-state index in [2.05, 4.69) is 5.32 Å². The van der Waals surface area contributed by atoms with Crippen molar-refractivity contribution in [2.75, 3.05) is 30.9 Å². The van der Waals surface area contributed by atoms with Crippen LogP contribution in [0.4, 0.5) is 15.8 Å². The Balaban J connectivity index is 2.97. The van der Waals surface area contributed by atoms with Crippen LogP contribution in [-0.4, -0.2) is 40.7 Å². The van der Waals surface area contributed by atoms with Crippen LogP contribution < -0.4 is 11.1 Å². The van der Waals surface area contributed by atoms with E-state index in [1.165, 1.54) is 12.1 Å². The number of hydrogen-bond donors (Lipinski definition) is 5. The number of anilines is 2. The summed E-state index contributed by atoms with van der Waals surface area (Å²) in [6.45, 7) is -1.51. The lowest BCUT2D eigenvalue weighted by Gasteiger charge is -2.30. The van der Waals surface area contributed by atoms with Crippen molar-refractivity contribution >= 4 is 11.4 Å². The van der Waals surface area contributed by atoms with Gasteiger partial charge in [-0.25, -0.2) is 4.39 Å². The number of benzene rings is 1. The summed E-state index contributed by atoms with van der Waals surface area (Å²) in [7, 11) is 0. The second-order valence-electron chi connectivity index (χ2n) is 3.61. The minimum atomic E-state index is -1.32. The highest BCUT2D eigenvalue weighted by Gasteiger charge is 2.28. The van der Waals surface area contributed by atoms with Crippen LogP contribution in [0.25, 0.3) is 0 Å². The molecule has 1 rings (SSSR count). The van der Waals surface area contributed by atoms with Gasteiger partial charge in [0.2, 0.25) is 0 Å². The molecule has 0 amide bonds. The summed E-state index contributed by atoms with van der Waals surface area (Å²) in [6.07, 6.45) is 0. The summed E-state index contributed by atoms with van der Waals surface area (Å²) < 4.78 is 13.0. The van der Waals surface area contributed by atoms with Crippen molar-refractivity contribution in [1.82, 2.24) is 0 Å². The molecular formula is C10H15FN2O3. The van der Waals surface area contributed by atoms with Crippen molar-refractivity contribution in [3.63, 3.8) is 0 Å². The van der Waals surface area contributed by atoms with Crippen LogP contribution >= 0.6 is 0 Å². The fourth-order valence-electron chi connectivity index (χ4n) is 1.19. The van der Waals surface area contributed by atoms with Gasteiger partial charge in [0.15, 0.2) is 0 Å². The molecule has 5 nitrogen and oxygen atoms in total. The molecule has 0 fully saturated rings. The van der Waals surface area contributed by atoms with Gasteiger partial charge in [0.05, 0.1) is 31.2 Å². The number of nitrogens with two attached hydrogens (primary N) is 1. The molecule has 0 spiro atoms. The highest BCUT2D eigenvalue weighted by atomic mass is 19.1. The Kier molecular flexibility index (Phi) is 4.05. The smallest absolute Gasteiger partial charge is 0.125 e. The van der Waals surface area contributed by atoms with Gasteiger partial charge in [0, 0.05) is 0 Å². The SMILES string of the molecule is Nc1ccc(F)cc1NC(CO)(CO)CO. The van der Waals surface area contributed by atoms with Crippen LogP contribution in [0.15, 0.2) is 18.2 Å². The molecule has 1 aromatic carbocycles. The van der Waals surface area contributed by atoms with Gasteiger partial charge in [-0.3, -0.25) is 0 Å². The molecule has 0 saturated heterocycles. The molecule has 1 aromatic rings. The number of rotatable bonds is 5. The van der Waals surface area contributed by atoms with Crippen LogP contribution in [-0.2, 0) is 0 Å². The second-order valence-corrected chi connectivity index (χ2v) is 3.61. The van der Waals surface area contributed by atoms with E-state index >= 15 is 0 Å². The molecule has 0 unspecified atom stereocenters. The van der Waals surface area contributed by atoms with E-state index in [4.69, 9.17) is 21.1 Å². The number of aliphatic hydroxyl groups is 3. The first kappa shape index (κ1) is 12.7. The summed E-state index contributed by atoms with van der Waals surface area (Å²) in [5, 5.41) is 29.9. The molecule has 0 bridgehead atoms. The van der Waals surface area contributed by atoms with E-state index in [9.17, 15) is 4.39 Å². The standard InChI is InChI=1S/C10H15FN2O3/c11-7-1-2-8(12)9(3-7)13-10(4-14,5-15)6-16/h1-3,13-16H,4-6,12H2. The Morgan fingerprint density at radius 1 is 1.19 bits per heavy atom. The molecule has 6 N–H and O–H groups in total. The van der Waals surface area contributed by atoms with Gasteiger partial charge in [-0.2, -0.15) is 0 Å². The van der Waals surface area contributed by atoms with Gasteiger partial charge in [0.1, 0.15) is 11.4 Å². The summed E-state index contributed by atoms with van der Waals surface area (Å²) in [6, 6.07) is 3.68. The van der Waals surface area contributed by atoms with Crippen LogP contribution in [0.3, 0.4) is 0 Å². The molecule has 0 aliphatic carbocycles. The molecule has 90 valence electrons.